The van der Waals surface area contributed by atoms with Gasteiger partial charge in [-0.05, 0) is 36.0 Å². The molecule has 0 bridgehead atoms. The minimum absolute atomic E-state index is 0.568. The monoisotopic (exact) mass is 385 g/mol. The van der Waals surface area contributed by atoms with Crippen LogP contribution < -0.4 is 0 Å². The van der Waals surface area contributed by atoms with Gasteiger partial charge in [0.1, 0.15) is 23.1 Å². The van der Waals surface area contributed by atoms with Crippen molar-refractivity contribution in [2.75, 3.05) is 13.2 Å². The maximum absolute atomic E-state index is 6.03. The van der Waals surface area contributed by atoms with Crippen molar-refractivity contribution in [3.8, 4) is 11.3 Å². The Labute approximate surface area is 160 Å². The molecule has 3 heterocycles. The summed E-state index contributed by atoms with van der Waals surface area (Å²) < 4.78 is 11.5. The van der Waals surface area contributed by atoms with Gasteiger partial charge in [0.25, 0.3) is 5.22 Å². The zero-order valence-corrected chi connectivity index (χ0v) is 15.5. The Morgan fingerprint density at radius 1 is 1.08 bits per heavy atom. The maximum atomic E-state index is 6.03. The van der Waals surface area contributed by atoms with E-state index in [0.717, 1.165) is 34.5 Å². The van der Waals surface area contributed by atoms with Crippen molar-refractivity contribution in [2.24, 2.45) is 4.99 Å². The second-order valence-electron chi connectivity index (χ2n) is 5.65. The van der Waals surface area contributed by atoms with Crippen molar-refractivity contribution in [1.29, 1.82) is 0 Å². The molecule has 0 N–H and O–H groups in total. The lowest BCUT2D eigenvalue weighted by atomic mass is 10.1. The minimum Gasteiger partial charge on any atom is -0.479 e. The van der Waals surface area contributed by atoms with Gasteiger partial charge in [-0.1, -0.05) is 29.8 Å². The number of halogens is 1. The molecule has 26 heavy (non-hydrogen) atoms. The second kappa shape index (κ2) is 7.93. The highest BCUT2D eigenvalue weighted by molar-refractivity contribution is 7.99. The molecule has 1 aliphatic rings. The third-order valence-corrected chi connectivity index (χ3v) is 4.89. The molecular formula is C19H16ClN3O2S. The number of pyridine rings is 1. The summed E-state index contributed by atoms with van der Waals surface area (Å²) in [5.41, 5.74) is 1.79. The van der Waals surface area contributed by atoms with Crippen LogP contribution in [0.5, 0.6) is 0 Å². The fraction of sp³-hybridized carbons (Fsp3) is 0.211. The van der Waals surface area contributed by atoms with Gasteiger partial charge in [-0.3, -0.25) is 4.99 Å². The summed E-state index contributed by atoms with van der Waals surface area (Å²) in [6.45, 7) is 1.40. The predicted molar refractivity (Wildman–Crippen MR) is 102 cm³/mol. The Balaban J connectivity index is 1.61. The van der Waals surface area contributed by atoms with E-state index in [2.05, 4.69) is 15.0 Å². The third-order valence-electron chi connectivity index (χ3n) is 3.84. The predicted octanol–water partition coefficient (Wildman–Crippen LogP) is 4.90. The van der Waals surface area contributed by atoms with Gasteiger partial charge < -0.3 is 9.15 Å². The second-order valence-corrected chi connectivity index (χ2v) is 7.06. The first-order valence-corrected chi connectivity index (χ1v) is 9.48. The van der Waals surface area contributed by atoms with Gasteiger partial charge in [0, 0.05) is 29.6 Å². The molecule has 1 aromatic carbocycles. The lowest BCUT2D eigenvalue weighted by molar-refractivity contribution is 0.335. The number of benzene rings is 1. The third kappa shape index (κ3) is 4.08. The SMILES string of the molecule is Clc1ccc(-c2nc(Sc3ccccn3)oc2CCC2=NCCO2)cc1. The van der Waals surface area contributed by atoms with E-state index in [0.29, 0.717) is 29.7 Å². The molecule has 4 rings (SSSR count). The van der Waals surface area contributed by atoms with Crippen LogP contribution in [0, 0.1) is 0 Å². The molecule has 3 aromatic rings. The Morgan fingerprint density at radius 3 is 2.69 bits per heavy atom. The first kappa shape index (κ1) is 17.1. The summed E-state index contributed by atoms with van der Waals surface area (Å²) in [4.78, 5) is 13.3. The van der Waals surface area contributed by atoms with Gasteiger partial charge >= 0.3 is 0 Å². The van der Waals surface area contributed by atoms with Crippen LogP contribution in [-0.2, 0) is 11.2 Å². The number of aromatic nitrogens is 2. The molecule has 0 fully saturated rings. The van der Waals surface area contributed by atoms with E-state index in [4.69, 9.17) is 20.8 Å². The van der Waals surface area contributed by atoms with Crippen LogP contribution in [0.2, 0.25) is 5.02 Å². The molecule has 132 valence electrons. The fourth-order valence-electron chi connectivity index (χ4n) is 2.62. The summed E-state index contributed by atoms with van der Waals surface area (Å²) in [5.74, 6) is 1.59. The number of ether oxygens (including phenoxy) is 1. The summed E-state index contributed by atoms with van der Waals surface area (Å²) >= 11 is 7.41. The minimum atomic E-state index is 0.568. The quantitative estimate of drug-likeness (QED) is 0.603. The zero-order chi connectivity index (χ0) is 17.8. The van der Waals surface area contributed by atoms with Crippen molar-refractivity contribution in [3.63, 3.8) is 0 Å². The van der Waals surface area contributed by atoms with Gasteiger partial charge in [0.05, 0.1) is 6.54 Å². The zero-order valence-electron chi connectivity index (χ0n) is 13.9. The molecule has 0 radical (unpaired) electrons. The maximum Gasteiger partial charge on any atom is 0.262 e. The van der Waals surface area contributed by atoms with Gasteiger partial charge in [-0.2, -0.15) is 0 Å². The van der Waals surface area contributed by atoms with Crippen LogP contribution in [0.25, 0.3) is 11.3 Å². The molecular weight excluding hydrogens is 370 g/mol. The normalized spacial score (nSPS) is 13.5. The topological polar surface area (TPSA) is 60.5 Å². The Hall–Kier alpha value is -2.31. The highest BCUT2D eigenvalue weighted by atomic mass is 35.5. The van der Waals surface area contributed by atoms with E-state index in [1.165, 1.54) is 11.8 Å². The molecule has 5 nitrogen and oxygen atoms in total. The Morgan fingerprint density at radius 2 is 1.96 bits per heavy atom. The number of hydrogen-bond donors (Lipinski definition) is 0. The summed E-state index contributed by atoms with van der Waals surface area (Å²) in [6, 6.07) is 13.3. The van der Waals surface area contributed by atoms with Crippen LogP contribution in [0.3, 0.4) is 0 Å². The molecule has 7 heteroatoms. The van der Waals surface area contributed by atoms with Crippen LogP contribution >= 0.6 is 23.4 Å². The summed E-state index contributed by atoms with van der Waals surface area (Å²) in [5, 5.41) is 2.10. The van der Waals surface area contributed by atoms with Crippen molar-refractivity contribution >= 4 is 29.3 Å². The number of nitrogens with zero attached hydrogens (tertiary/aromatic N) is 3. The molecule has 1 aliphatic heterocycles. The number of aryl methyl sites for hydroxylation is 1. The van der Waals surface area contributed by atoms with Gasteiger partial charge in [0.2, 0.25) is 0 Å². The van der Waals surface area contributed by atoms with Crippen molar-refractivity contribution in [2.45, 2.75) is 23.1 Å². The largest absolute Gasteiger partial charge is 0.479 e. The van der Waals surface area contributed by atoms with Gasteiger partial charge in [-0.15, -0.1) is 0 Å². The summed E-state index contributed by atoms with van der Waals surface area (Å²) in [6.07, 6.45) is 3.12. The smallest absolute Gasteiger partial charge is 0.262 e. The van der Waals surface area contributed by atoms with E-state index in [1.807, 2.05) is 42.5 Å². The molecule has 0 spiro atoms. The molecule has 2 aromatic heterocycles. The van der Waals surface area contributed by atoms with Crippen molar-refractivity contribution < 1.29 is 9.15 Å². The molecule has 0 saturated carbocycles. The average molecular weight is 386 g/mol. The lowest BCUT2D eigenvalue weighted by Gasteiger charge is -2.02. The van der Waals surface area contributed by atoms with E-state index in [9.17, 15) is 0 Å². The highest BCUT2D eigenvalue weighted by Gasteiger charge is 2.18. The number of oxazole rings is 1. The molecule has 0 aliphatic carbocycles. The number of hydrogen-bond acceptors (Lipinski definition) is 6. The number of aliphatic imine (C=N–C) groups is 1. The van der Waals surface area contributed by atoms with E-state index < -0.39 is 0 Å². The average Bonchev–Trinajstić information content (AvgIpc) is 3.31. The fourth-order valence-corrected chi connectivity index (χ4v) is 3.47. The highest BCUT2D eigenvalue weighted by Crippen LogP contribution is 2.33. The first-order chi connectivity index (χ1) is 12.8. The summed E-state index contributed by atoms with van der Waals surface area (Å²) in [7, 11) is 0. The van der Waals surface area contributed by atoms with Crippen LogP contribution in [0.4, 0.5) is 0 Å². The molecule has 0 amide bonds. The van der Waals surface area contributed by atoms with Crippen LogP contribution in [0.15, 0.2) is 68.3 Å². The standard InChI is InChI=1S/C19H16ClN3O2S/c20-14-6-4-13(5-7-14)18-15(8-9-16-21-11-12-24-16)25-19(23-18)26-17-3-1-2-10-22-17/h1-7,10H,8-9,11-12H2. The molecule has 0 unspecified atom stereocenters. The van der Waals surface area contributed by atoms with E-state index in [1.54, 1.807) is 6.20 Å². The Bertz CT molecular complexity index is 910. The molecule has 0 saturated heterocycles. The van der Waals surface area contributed by atoms with Crippen molar-refractivity contribution in [3.05, 3.63) is 59.4 Å². The first-order valence-electron chi connectivity index (χ1n) is 8.28. The van der Waals surface area contributed by atoms with Crippen LogP contribution in [-0.4, -0.2) is 29.0 Å². The van der Waals surface area contributed by atoms with Crippen LogP contribution in [0.1, 0.15) is 12.2 Å². The Kier molecular flexibility index (Phi) is 5.22. The number of rotatable bonds is 6. The van der Waals surface area contributed by atoms with Crippen molar-refractivity contribution in [1.82, 2.24) is 9.97 Å². The lowest BCUT2D eigenvalue weighted by Crippen LogP contribution is -2.01. The van der Waals surface area contributed by atoms with E-state index >= 15 is 0 Å². The van der Waals surface area contributed by atoms with Gasteiger partial charge in [-0.25, -0.2) is 9.97 Å². The van der Waals surface area contributed by atoms with Gasteiger partial charge in [0.15, 0.2) is 5.90 Å². The molecule has 0 atom stereocenters. The van der Waals surface area contributed by atoms with E-state index in [-0.39, 0.29) is 0 Å².